The number of nitrogens with zero attached hydrogens (tertiary/aromatic N) is 2. The lowest BCUT2D eigenvalue weighted by atomic mass is 10.1. The fraction of sp³-hybridized carbons (Fsp3) is 0.125. The second-order valence-electron chi connectivity index (χ2n) is 5.37. The summed E-state index contributed by atoms with van der Waals surface area (Å²) in [5.74, 6) is 0.681. The molecule has 3 aromatic rings. The SMILES string of the molecule is O=C(Nc1ccc2c(c1)OCCO2)c1n[nH]c2ccc([N+](=O)[O-])cc12. The number of carbonyl (C=O) groups is 1. The van der Waals surface area contributed by atoms with E-state index in [0.717, 1.165) is 0 Å². The van der Waals surface area contributed by atoms with Crippen LogP contribution < -0.4 is 14.8 Å². The Hall–Kier alpha value is -3.62. The Morgan fingerprint density at radius 3 is 2.76 bits per heavy atom. The Bertz CT molecular complexity index is 997. The molecule has 0 unspecified atom stereocenters. The molecule has 9 heteroatoms. The van der Waals surface area contributed by atoms with E-state index in [-0.39, 0.29) is 11.4 Å². The number of nitro benzene ring substituents is 1. The molecule has 1 amide bonds. The van der Waals surface area contributed by atoms with E-state index < -0.39 is 10.8 Å². The molecule has 0 spiro atoms. The topological polar surface area (TPSA) is 119 Å². The minimum absolute atomic E-state index is 0.0774. The predicted octanol–water partition coefficient (Wildman–Crippen LogP) is 2.49. The summed E-state index contributed by atoms with van der Waals surface area (Å²) in [7, 11) is 0. The van der Waals surface area contributed by atoms with Crippen LogP contribution in [0.25, 0.3) is 10.9 Å². The summed E-state index contributed by atoms with van der Waals surface area (Å²) in [6.07, 6.45) is 0. The number of ether oxygens (including phenoxy) is 2. The Balaban J connectivity index is 1.64. The van der Waals surface area contributed by atoms with E-state index in [4.69, 9.17) is 9.47 Å². The van der Waals surface area contributed by atoms with Gasteiger partial charge in [-0.05, 0) is 18.2 Å². The van der Waals surface area contributed by atoms with Crippen molar-refractivity contribution in [3.63, 3.8) is 0 Å². The van der Waals surface area contributed by atoms with E-state index >= 15 is 0 Å². The number of nitro groups is 1. The lowest BCUT2D eigenvalue weighted by molar-refractivity contribution is -0.384. The number of aromatic amines is 1. The largest absolute Gasteiger partial charge is 0.486 e. The first-order valence-electron chi connectivity index (χ1n) is 7.45. The number of H-pyrrole nitrogens is 1. The first kappa shape index (κ1) is 14.9. The number of anilines is 1. The summed E-state index contributed by atoms with van der Waals surface area (Å²) in [6, 6.07) is 9.23. The number of nitrogens with one attached hydrogen (secondary N) is 2. The van der Waals surface area contributed by atoms with Gasteiger partial charge in [0.05, 0.1) is 10.4 Å². The lowest BCUT2D eigenvalue weighted by Crippen LogP contribution is -2.16. The Kier molecular flexibility index (Phi) is 3.46. The lowest BCUT2D eigenvalue weighted by Gasteiger charge is -2.18. The van der Waals surface area contributed by atoms with Gasteiger partial charge in [0, 0.05) is 29.3 Å². The van der Waals surface area contributed by atoms with E-state index in [2.05, 4.69) is 15.5 Å². The van der Waals surface area contributed by atoms with Crippen molar-refractivity contribution in [2.24, 2.45) is 0 Å². The summed E-state index contributed by atoms with van der Waals surface area (Å²) < 4.78 is 10.9. The predicted molar refractivity (Wildman–Crippen MR) is 88.1 cm³/mol. The van der Waals surface area contributed by atoms with Crippen molar-refractivity contribution in [3.05, 3.63) is 52.2 Å². The van der Waals surface area contributed by atoms with Gasteiger partial charge in [0.1, 0.15) is 13.2 Å². The van der Waals surface area contributed by atoms with Crippen molar-refractivity contribution in [1.82, 2.24) is 10.2 Å². The highest BCUT2D eigenvalue weighted by Gasteiger charge is 2.18. The molecule has 1 aliphatic rings. The number of rotatable bonds is 3. The zero-order chi connectivity index (χ0) is 17.4. The minimum atomic E-state index is -0.519. The summed E-state index contributed by atoms with van der Waals surface area (Å²) in [6.45, 7) is 0.925. The van der Waals surface area contributed by atoms with Crippen LogP contribution in [-0.4, -0.2) is 34.2 Å². The van der Waals surface area contributed by atoms with Crippen molar-refractivity contribution < 1.29 is 19.2 Å². The molecule has 126 valence electrons. The zero-order valence-electron chi connectivity index (χ0n) is 12.8. The first-order chi connectivity index (χ1) is 12.1. The van der Waals surface area contributed by atoms with Gasteiger partial charge in [0.25, 0.3) is 11.6 Å². The molecule has 4 rings (SSSR count). The van der Waals surface area contributed by atoms with Gasteiger partial charge in [-0.2, -0.15) is 5.10 Å². The highest BCUT2D eigenvalue weighted by molar-refractivity contribution is 6.11. The molecule has 2 aromatic carbocycles. The molecule has 0 bridgehead atoms. The maximum Gasteiger partial charge on any atom is 0.276 e. The van der Waals surface area contributed by atoms with Crippen molar-refractivity contribution in [1.29, 1.82) is 0 Å². The number of non-ortho nitro benzene ring substituents is 1. The molecule has 1 aliphatic heterocycles. The van der Waals surface area contributed by atoms with Crippen LogP contribution in [0.1, 0.15) is 10.5 Å². The standard InChI is InChI=1S/C16H12N4O5/c21-16(17-9-1-4-13-14(7-9)25-6-5-24-13)15-11-8-10(20(22)23)2-3-12(11)18-19-15/h1-4,7-8H,5-6H2,(H,17,21)(H,18,19). The molecule has 1 aromatic heterocycles. The van der Waals surface area contributed by atoms with E-state index in [0.29, 0.717) is 41.3 Å². The minimum Gasteiger partial charge on any atom is -0.486 e. The molecule has 0 fully saturated rings. The second kappa shape index (κ2) is 5.78. The van der Waals surface area contributed by atoms with Crippen molar-refractivity contribution in [2.45, 2.75) is 0 Å². The fourth-order valence-electron chi connectivity index (χ4n) is 2.60. The molecule has 0 saturated carbocycles. The smallest absolute Gasteiger partial charge is 0.276 e. The first-order valence-corrected chi connectivity index (χ1v) is 7.45. The molecule has 0 atom stereocenters. The molecule has 0 radical (unpaired) electrons. The quantitative estimate of drug-likeness (QED) is 0.558. The van der Waals surface area contributed by atoms with Crippen LogP contribution >= 0.6 is 0 Å². The molecule has 2 heterocycles. The summed E-state index contributed by atoms with van der Waals surface area (Å²) >= 11 is 0. The average molecular weight is 340 g/mol. The normalized spacial score (nSPS) is 12.8. The van der Waals surface area contributed by atoms with E-state index in [1.54, 1.807) is 18.2 Å². The average Bonchev–Trinajstić information content (AvgIpc) is 3.04. The van der Waals surface area contributed by atoms with Gasteiger partial charge in [-0.3, -0.25) is 20.0 Å². The third-order valence-electron chi connectivity index (χ3n) is 3.77. The van der Waals surface area contributed by atoms with Crippen molar-refractivity contribution in [3.8, 4) is 11.5 Å². The van der Waals surface area contributed by atoms with Gasteiger partial charge < -0.3 is 14.8 Å². The van der Waals surface area contributed by atoms with Gasteiger partial charge in [-0.1, -0.05) is 0 Å². The summed E-state index contributed by atoms with van der Waals surface area (Å²) in [4.78, 5) is 22.9. The Labute approximate surface area is 140 Å². The van der Waals surface area contributed by atoms with Crippen LogP contribution in [0.3, 0.4) is 0 Å². The van der Waals surface area contributed by atoms with Crippen LogP contribution in [0, 0.1) is 10.1 Å². The van der Waals surface area contributed by atoms with Crippen LogP contribution in [0.5, 0.6) is 11.5 Å². The van der Waals surface area contributed by atoms with E-state index in [9.17, 15) is 14.9 Å². The molecular weight excluding hydrogens is 328 g/mol. The number of hydrogen-bond donors (Lipinski definition) is 2. The van der Waals surface area contributed by atoms with Crippen LogP contribution in [0.4, 0.5) is 11.4 Å². The summed E-state index contributed by atoms with van der Waals surface area (Å²) in [5, 5.41) is 20.7. The van der Waals surface area contributed by atoms with E-state index in [1.807, 2.05) is 0 Å². The maximum absolute atomic E-state index is 12.5. The number of carbonyl (C=O) groups excluding carboxylic acids is 1. The monoisotopic (exact) mass is 340 g/mol. The van der Waals surface area contributed by atoms with Gasteiger partial charge in [-0.15, -0.1) is 0 Å². The molecule has 0 aliphatic carbocycles. The maximum atomic E-state index is 12.5. The highest BCUT2D eigenvalue weighted by Crippen LogP contribution is 2.33. The third-order valence-corrected chi connectivity index (χ3v) is 3.77. The number of fused-ring (bicyclic) bond motifs is 2. The van der Waals surface area contributed by atoms with Crippen LogP contribution in [0.15, 0.2) is 36.4 Å². The van der Waals surface area contributed by atoms with Crippen molar-refractivity contribution in [2.75, 3.05) is 18.5 Å². The number of benzene rings is 2. The summed E-state index contributed by atoms with van der Waals surface area (Å²) in [5.41, 5.74) is 1.02. The van der Waals surface area contributed by atoms with Gasteiger partial charge in [-0.25, -0.2) is 0 Å². The number of aromatic nitrogens is 2. The Morgan fingerprint density at radius 2 is 1.96 bits per heavy atom. The van der Waals surface area contributed by atoms with Gasteiger partial charge >= 0.3 is 0 Å². The van der Waals surface area contributed by atoms with Gasteiger partial charge in [0.2, 0.25) is 0 Å². The zero-order valence-corrected chi connectivity index (χ0v) is 12.8. The Morgan fingerprint density at radius 1 is 1.16 bits per heavy atom. The fourth-order valence-corrected chi connectivity index (χ4v) is 2.60. The molecule has 0 saturated heterocycles. The van der Waals surface area contributed by atoms with Crippen molar-refractivity contribution >= 4 is 28.2 Å². The highest BCUT2D eigenvalue weighted by atomic mass is 16.6. The third kappa shape index (κ3) is 2.71. The van der Waals surface area contributed by atoms with Crippen LogP contribution in [-0.2, 0) is 0 Å². The number of hydrogen-bond acceptors (Lipinski definition) is 6. The van der Waals surface area contributed by atoms with E-state index in [1.165, 1.54) is 18.2 Å². The molecule has 25 heavy (non-hydrogen) atoms. The molecule has 2 N–H and O–H groups in total. The molecular formula is C16H12N4O5. The number of amides is 1. The van der Waals surface area contributed by atoms with Crippen LogP contribution in [0.2, 0.25) is 0 Å². The van der Waals surface area contributed by atoms with Gasteiger partial charge in [0.15, 0.2) is 17.2 Å². The second-order valence-corrected chi connectivity index (χ2v) is 5.37. The molecule has 9 nitrogen and oxygen atoms in total.